The number of amides is 1. The lowest BCUT2D eigenvalue weighted by atomic mass is 10.1. The first-order valence-electron chi connectivity index (χ1n) is 4.62. The molecule has 0 radical (unpaired) electrons. The second-order valence-electron chi connectivity index (χ2n) is 3.44. The van der Waals surface area contributed by atoms with Crippen molar-refractivity contribution in [1.29, 1.82) is 0 Å². The summed E-state index contributed by atoms with van der Waals surface area (Å²) in [6, 6.07) is -0.490. The molecular weight excluding hydrogens is 216 g/mol. The molecule has 1 aliphatic rings. The highest BCUT2D eigenvalue weighted by Crippen LogP contribution is 2.23. The van der Waals surface area contributed by atoms with Crippen molar-refractivity contribution in [2.24, 2.45) is 0 Å². The Balaban J connectivity index is 2.46. The van der Waals surface area contributed by atoms with Crippen LogP contribution in [-0.2, 0) is 4.79 Å². The molecule has 0 aromatic rings. The molecule has 0 saturated carbocycles. The maximum atomic E-state index is 12.5. The molecule has 0 aliphatic carbocycles. The molecule has 1 heterocycles. The standard InChI is InChI=1S/C8H12F4N2O/c9-6(10)8(11,12)7(15)14-5-2-1-3-13-4-5/h5-6,13H,1-4H2,(H,14,15)/t5-/m1/s1. The van der Waals surface area contributed by atoms with Crippen LogP contribution in [0.1, 0.15) is 12.8 Å². The minimum Gasteiger partial charge on any atom is -0.347 e. The maximum Gasteiger partial charge on any atom is 0.383 e. The second-order valence-corrected chi connectivity index (χ2v) is 3.44. The van der Waals surface area contributed by atoms with Gasteiger partial charge >= 0.3 is 12.3 Å². The molecule has 1 atom stereocenters. The lowest BCUT2D eigenvalue weighted by Gasteiger charge is -2.25. The monoisotopic (exact) mass is 228 g/mol. The average molecular weight is 228 g/mol. The Morgan fingerprint density at radius 3 is 2.60 bits per heavy atom. The molecule has 7 heteroatoms. The van der Waals surface area contributed by atoms with Crippen LogP contribution in [0.3, 0.4) is 0 Å². The van der Waals surface area contributed by atoms with Crippen LogP contribution in [0.4, 0.5) is 17.6 Å². The zero-order valence-corrected chi connectivity index (χ0v) is 7.90. The van der Waals surface area contributed by atoms with Gasteiger partial charge in [0.1, 0.15) is 0 Å². The molecule has 2 N–H and O–H groups in total. The highest BCUT2D eigenvalue weighted by Gasteiger charge is 2.49. The molecule has 1 amide bonds. The molecular formula is C8H12F4N2O. The van der Waals surface area contributed by atoms with E-state index in [9.17, 15) is 22.4 Å². The van der Waals surface area contributed by atoms with Crippen molar-refractivity contribution in [3.05, 3.63) is 0 Å². The molecule has 1 saturated heterocycles. The Kier molecular flexibility index (Phi) is 3.90. The van der Waals surface area contributed by atoms with Gasteiger partial charge in [0, 0.05) is 12.6 Å². The smallest absolute Gasteiger partial charge is 0.347 e. The van der Waals surface area contributed by atoms with Gasteiger partial charge in [-0.05, 0) is 19.4 Å². The average Bonchev–Trinajstić information content (AvgIpc) is 2.18. The Labute approximate surface area is 84.2 Å². The molecule has 0 spiro atoms. The van der Waals surface area contributed by atoms with E-state index in [1.165, 1.54) is 0 Å². The minimum atomic E-state index is -4.60. The number of hydrogen-bond donors (Lipinski definition) is 2. The van der Waals surface area contributed by atoms with Crippen LogP contribution >= 0.6 is 0 Å². The molecule has 88 valence electrons. The Bertz CT molecular complexity index is 229. The third kappa shape index (κ3) is 3.05. The summed E-state index contributed by atoms with van der Waals surface area (Å²) in [4.78, 5) is 10.8. The summed E-state index contributed by atoms with van der Waals surface area (Å²) in [6.45, 7) is 1.09. The number of piperidine rings is 1. The molecule has 15 heavy (non-hydrogen) atoms. The highest BCUT2D eigenvalue weighted by molar-refractivity contribution is 5.84. The summed E-state index contributed by atoms with van der Waals surface area (Å²) in [5.41, 5.74) is 0. The zero-order chi connectivity index (χ0) is 11.5. The van der Waals surface area contributed by atoms with Gasteiger partial charge in [0.25, 0.3) is 5.91 Å². The maximum absolute atomic E-state index is 12.5. The number of alkyl halides is 4. The summed E-state index contributed by atoms with van der Waals surface area (Å²) in [5, 5.41) is 4.78. The Hall–Kier alpha value is -0.850. The predicted octanol–water partition coefficient (Wildman–Crippen LogP) is 0.755. The summed E-state index contributed by atoms with van der Waals surface area (Å²) in [5.74, 6) is -6.50. The Morgan fingerprint density at radius 1 is 1.47 bits per heavy atom. The second kappa shape index (κ2) is 4.78. The molecule has 0 unspecified atom stereocenters. The van der Waals surface area contributed by atoms with E-state index in [4.69, 9.17) is 0 Å². The van der Waals surface area contributed by atoms with E-state index in [2.05, 4.69) is 5.32 Å². The fourth-order valence-electron chi connectivity index (χ4n) is 1.36. The molecule has 1 fully saturated rings. The first-order chi connectivity index (χ1) is 6.94. The fraction of sp³-hybridized carbons (Fsp3) is 0.875. The van der Waals surface area contributed by atoms with Crippen molar-refractivity contribution >= 4 is 5.91 Å². The van der Waals surface area contributed by atoms with Crippen molar-refractivity contribution in [1.82, 2.24) is 10.6 Å². The predicted molar refractivity (Wildman–Crippen MR) is 45.0 cm³/mol. The van der Waals surface area contributed by atoms with Crippen molar-refractivity contribution in [2.45, 2.75) is 31.2 Å². The molecule has 0 aromatic heterocycles. The number of hydrogen-bond acceptors (Lipinski definition) is 2. The first-order valence-corrected chi connectivity index (χ1v) is 4.62. The van der Waals surface area contributed by atoms with Crippen LogP contribution in [-0.4, -0.2) is 37.4 Å². The largest absolute Gasteiger partial charge is 0.383 e. The van der Waals surface area contributed by atoms with Crippen LogP contribution in [0.2, 0.25) is 0 Å². The lowest BCUT2D eigenvalue weighted by molar-refractivity contribution is -0.170. The van der Waals surface area contributed by atoms with Crippen LogP contribution < -0.4 is 10.6 Å². The van der Waals surface area contributed by atoms with Gasteiger partial charge in [0.15, 0.2) is 0 Å². The van der Waals surface area contributed by atoms with E-state index >= 15 is 0 Å². The van der Waals surface area contributed by atoms with E-state index in [-0.39, 0.29) is 0 Å². The van der Waals surface area contributed by atoms with Crippen molar-refractivity contribution in [3.8, 4) is 0 Å². The number of carbonyl (C=O) groups excluding carboxylic acids is 1. The fourth-order valence-corrected chi connectivity index (χ4v) is 1.36. The van der Waals surface area contributed by atoms with Gasteiger partial charge in [-0.3, -0.25) is 4.79 Å². The van der Waals surface area contributed by atoms with E-state index in [1.807, 2.05) is 5.32 Å². The number of carbonyl (C=O) groups is 1. The lowest BCUT2D eigenvalue weighted by Crippen LogP contribution is -2.53. The van der Waals surface area contributed by atoms with Crippen LogP contribution in [0.25, 0.3) is 0 Å². The SMILES string of the molecule is O=C(N[C@@H]1CCCNC1)C(F)(F)C(F)F. The third-order valence-electron chi connectivity index (χ3n) is 2.21. The van der Waals surface area contributed by atoms with Gasteiger partial charge in [0.05, 0.1) is 0 Å². The van der Waals surface area contributed by atoms with Crippen LogP contribution in [0.5, 0.6) is 0 Å². The van der Waals surface area contributed by atoms with Gasteiger partial charge in [-0.15, -0.1) is 0 Å². The zero-order valence-electron chi connectivity index (χ0n) is 7.90. The van der Waals surface area contributed by atoms with Crippen LogP contribution in [0, 0.1) is 0 Å². The van der Waals surface area contributed by atoms with Crippen molar-refractivity contribution in [3.63, 3.8) is 0 Å². The molecule has 3 nitrogen and oxygen atoms in total. The molecule has 1 rings (SSSR count). The van der Waals surface area contributed by atoms with E-state index in [1.54, 1.807) is 0 Å². The van der Waals surface area contributed by atoms with Crippen molar-refractivity contribution in [2.75, 3.05) is 13.1 Å². The van der Waals surface area contributed by atoms with Gasteiger partial charge in [-0.1, -0.05) is 0 Å². The topological polar surface area (TPSA) is 41.1 Å². The number of rotatable bonds is 3. The summed E-state index contributed by atoms with van der Waals surface area (Å²) in [6.07, 6.45) is -2.71. The third-order valence-corrected chi connectivity index (χ3v) is 2.21. The molecule has 0 bridgehead atoms. The van der Waals surface area contributed by atoms with E-state index < -0.39 is 24.3 Å². The van der Waals surface area contributed by atoms with Crippen molar-refractivity contribution < 1.29 is 22.4 Å². The van der Waals surface area contributed by atoms with Crippen LogP contribution in [0.15, 0.2) is 0 Å². The number of nitrogens with one attached hydrogen (secondary N) is 2. The van der Waals surface area contributed by atoms with Gasteiger partial charge < -0.3 is 10.6 Å². The normalized spacial score (nSPS) is 22.9. The van der Waals surface area contributed by atoms with Gasteiger partial charge in [0.2, 0.25) is 0 Å². The summed E-state index contributed by atoms with van der Waals surface area (Å²) in [7, 11) is 0. The van der Waals surface area contributed by atoms with Gasteiger partial charge in [-0.25, -0.2) is 8.78 Å². The minimum absolute atomic E-state index is 0.338. The number of halogens is 4. The van der Waals surface area contributed by atoms with E-state index in [0.717, 1.165) is 13.0 Å². The first kappa shape index (κ1) is 12.2. The Morgan fingerprint density at radius 2 is 2.13 bits per heavy atom. The summed E-state index contributed by atoms with van der Waals surface area (Å²) >= 11 is 0. The van der Waals surface area contributed by atoms with E-state index in [0.29, 0.717) is 13.0 Å². The quantitative estimate of drug-likeness (QED) is 0.700. The molecule has 0 aromatic carbocycles. The molecule has 1 aliphatic heterocycles. The summed E-state index contributed by atoms with van der Waals surface area (Å²) < 4.78 is 48.6. The van der Waals surface area contributed by atoms with Gasteiger partial charge in [-0.2, -0.15) is 8.78 Å². The highest BCUT2D eigenvalue weighted by atomic mass is 19.3.